The van der Waals surface area contributed by atoms with Crippen molar-refractivity contribution in [1.82, 2.24) is 0 Å². The molecule has 1 unspecified atom stereocenters. The first-order valence-corrected chi connectivity index (χ1v) is 7.18. The van der Waals surface area contributed by atoms with Crippen molar-refractivity contribution in [3.8, 4) is 0 Å². The molecule has 0 saturated heterocycles. The van der Waals surface area contributed by atoms with Gasteiger partial charge in [-0.1, -0.05) is 59.3 Å². The predicted octanol–water partition coefficient (Wildman–Crippen LogP) is 4.75. The van der Waals surface area contributed by atoms with Crippen molar-refractivity contribution < 1.29 is 0 Å². The lowest BCUT2D eigenvalue weighted by molar-refractivity contribution is 0.222. The molecule has 98 valence electrons. The molecule has 0 fully saturated rings. The molecular formula is C15H33N. The van der Waals surface area contributed by atoms with Gasteiger partial charge in [-0.2, -0.15) is 0 Å². The summed E-state index contributed by atoms with van der Waals surface area (Å²) in [6, 6.07) is 0. The SMILES string of the molecule is CCCCCCCCC(C(C)C)C(C)(C)N. The predicted molar refractivity (Wildman–Crippen MR) is 74.6 cm³/mol. The summed E-state index contributed by atoms with van der Waals surface area (Å²) in [5, 5.41) is 0. The van der Waals surface area contributed by atoms with Crippen LogP contribution < -0.4 is 5.73 Å². The van der Waals surface area contributed by atoms with Gasteiger partial charge in [0.15, 0.2) is 0 Å². The standard InChI is InChI=1S/C15H33N/c1-6-7-8-9-10-11-12-14(13(2)3)15(4,5)16/h13-14H,6-12,16H2,1-5H3. The van der Waals surface area contributed by atoms with Crippen molar-refractivity contribution in [3.05, 3.63) is 0 Å². The first-order valence-electron chi connectivity index (χ1n) is 7.18. The molecule has 1 nitrogen and oxygen atoms in total. The molecular weight excluding hydrogens is 194 g/mol. The molecule has 2 N–H and O–H groups in total. The Labute approximate surface area is 103 Å². The van der Waals surface area contributed by atoms with E-state index in [2.05, 4.69) is 34.6 Å². The Hall–Kier alpha value is -0.0400. The van der Waals surface area contributed by atoms with Crippen LogP contribution in [-0.4, -0.2) is 5.54 Å². The molecule has 0 aliphatic heterocycles. The second-order valence-corrected chi connectivity index (χ2v) is 6.23. The van der Waals surface area contributed by atoms with Crippen LogP contribution >= 0.6 is 0 Å². The fourth-order valence-electron chi connectivity index (χ4n) is 2.71. The van der Waals surface area contributed by atoms with Crippen LogP contribution in [0.2, 0.25) is 0 Å². The van der Waals surface area contributed by atoms with Crippen LogP contribution in [0.4, 0.5) is 0 Å². The molecule has 0 saturated carbocycles. The number of nitrogens with two attached hydrogens (primary N) is 1. The summed E-state index contributed by atoms with van der Waals surface area (Å²) >= 11 is 0. The van der Waals surface area contributed by atoms with Gasteiger partial charge in [-0.25, -0.2) is 0 Å². The van der Waals surface area contributed by atoms with E-state index in [4.69, 9.17) is 5.73 Å². The van der Waals surface area contributed by atoms with Crippen molar-refractivity contribution in [3.63, 3.8) is 0 Å². The first kappa shape index (κ1) is 16.0. The van der Waals surface area contributed by atoms with E-state index >= 15 is 0 Å². The summed E-state index contributed by atoms with van der Waals surface area (Å²) in [6.45, 7) is 11.2. The number of hydrogen-bond donors (Lipinski definition) is 1. The maximum atomic E-state index is 6.24. The van der Waals surface area contributed by atoms with Gasteiger partial charge >= 0.3 is 0 Å². The molecule has 0 aromatic carbocycles. The van der Waals surface area contributed by atoms with Crippen LogP contribution in [0, 0.1) is 11.8 Å². The minimum Gasteiger partial charge on any atom is -0.325 e. The van der Waals surface area contributed by atoms with E-state index in [0.717, 1.165) is 0 Å². The Bertz CT molecular complexity index is 155. The molecule has 0 aliphatic rings. The second kappa shape index (κ2) is 8.11. The van der Waals surface area contributed by atoms with Crippen LogP contribution in [0.5, 0.6) is 0 Å². The quantitative estimate of drug-likeness (QED) is 0.565. The number of hydrogen-bond acceptors (Lipinski definition) is 1. The Morgan fingerprint density at radius 2 is 1.44 bits per heavy atom. The lowest BCUT2D eigenvalue weighted by atomic mass is 9.77. The third-order valence-corrected chi connectivity index (χ3v) is 3.63. The highest BCUT2D eigenvalue weighted by Crippen LogP contribution is 2.28. The van der Waals surface area contributed by atoms with Crippen LogP contribution in [0.1, 0.15) is 79.6 Å². The Morgan fingerprint density at radius 3 is 1.88 bits per heavy atom. The molecule has 0 spiro atoms. The summed E-state index contributed by atoms with van der Waals surface area (Å²) < 4.78 is 0. The Morgan fingerprint density at radius 1 is 0.938 bits per heavy atom. The van der Waals surface area contributed by atoms with Crippen molar-refractivity contribution in [1.29, 1.82) is 0 Å². The number of rotatable bonds is 9. The van der Waals surface area contributed by atoms with Crippen LogP contribution in [-0.2, 0) is 0 Å². The summed E-state index contributed by atoms with van der Waals surface area (Å²) in [7, 11) is 0. The highest BCUT2D eigenvalue weighted by Gasteiger charge is 2.27. The van der Waals surface area contributed by atoms with E-state index in [-0.39, 0.29) is 5.54 Å². The molecule has 0 heterocycles. The number of unbranched alkanes of at least 4 members (excludes halogenated alkanes) is 5. The fraction of sp³-hybridized carbons (Fsp3) is 1.00. The molecule has 0 aliphatic carbocycles. The average molecular weight is 227 g/mol. The highest BCUT2D eigenvalue weighted by atomic mass is 14.7. The summed E-state index contributed by atoms with van der Waals surface area (Å²) in [6.07, 6.45) is 9.60. The zero-order chi connectivity index (χ0) is 12.6. The van der Waals surface area contributed by atoms with Gasteiger partial charge in [0.1, 0.15) is 0 Å². The second-order valence-electron chi connectivity index (χ2n) is 6.23. The zero-order valence-electron chi connectivity index (χ0n) is 12.2. The summed E-state index contributed by atoms with van der Waals surface area (Å²) in [5.74, 6) is 1.37. The largest absolute Gasteiger partial charge is 0.325 e. The smallest absolute Gasteiger partial charge is 0.0128 e. The molecule has 0 aromatic rings. The van der Waals surface area contributed by atoms with Crippen molar-refractivity contribution in [2.45, 2.75) is 85.1 Å². The molecule has 1 atom stereocenters. The van der Waals surface area contributed by atoms with Gasteiger partial charge in [0, 0.05) is 5.54 Å². The fourth-order valence-corrected chi connectivity index (χ4v) is 2.71. The third kappa shape index (κ3) is 7.27. The van der Waals surface area contributed by atoms with Gasteiger partial charge in [-0.15, -0.1) is 0 Å². The van der Waals surface area contributed by atoms with Gasteiger partial charge in [0.2, 0.25) is 0 Å². The highest BCUT2D eigenvalue weighted by molar-refractivity contribution is 4.84. The minimum atomic E-state index is -0.0163. The normalized spacial score (nSPS) is 14.4. The van der Waals surface area contributed by atoms with E-state index < -0.39 is 0 Å². The maximum absolute atomic E-state index is 6.24. The Balaban J connectivity index is 3.70. The van der Waals surface area contributed by atoms with Crippen molar-refractivity contribution in [2.24, 2.45) is 17.6 Å². The molecule has 1 heteroatoms. The minimum absolute atomic E-state index is 0.0163. The average Bonchev–Trinajstić information content (AvgIpc) is 2.13. The van der Waals surface area contributed by atoms with E-state index in [1.165, 1.54) is 44.9 Å². The molecule has 16 heavy (non-hydrogen) atoms. The molecule has 0 radical (unpaired) electrons. The van der Waals surface area contributed by atoms with Gasteiger partial charge in [-0.05, 0) is 32.1 Å². The summed E-state index contributed by atoms with van der Waals surface area (Å²) in [4.78, 5) is 0. The van der Waals surface area contributed by atoms with Crippen LogP contribution in [0.15, 0.2) is 0 Å². The van der Waals surface area contributed by atoms with E-state index in [0.29, 0.717) is 11.8 Å². The molecule has 0 aromatic heterocycles. The monoisotopic (exact) mass is 227 g/mol. The van der Waals surface area contributed by atoms with E-state index in [1.807, 2.05) is 0 Å². The van der Waals surface area contributed by atoms with Gasteiger partial charge in [0.25, 0.3) is 0 Å². The van der Waals surface area contributed by atoms with E-state index in [1.54, 1.807) is 0 Å². The third-order valence-electron chi connectivity index (χ3n) is 3.63. The van der Waals surface area contributed by atoms with Crippen molar-refractivity contribution >= 4 is 0 Å². The first-order chi connectivity index (χ1) is 7.39. The van der Waals surface area contributed by atoms with Crippen molar-refractivity contribution in [2.75, 3.05) is 0 Å². The topological polar surface area (TPSA) is 26.0 Å². The lowest BCUT2D eigenvalue weighted by Crippen LogP contribution is -2.43. The Kier molecular flexibility index (Phi) is 8.09. The van der Waals surface area contributed by atoms with Gasteiger partial charge < -0.3 is 5.73 Å². The molecule has 0 amide bonds. The van der Waals surface area contributed by atoms with Crippen LogP contribution in [0.3, 0.4) is 0 Å². The molecule has 0 bridgehead atoms. The lowest BCUT2D eigenvalue weighted by Gasteiger charge is -2.34. The van der Waals surface area contributed by atoms with E-state index in [9.17, 15) is 0 Å². The summed E-state index contributed by atoms with van der Waals surface area (Å²) in [5.41, 5.74) is 6.23. The molecule has 0 rings (SSSR count). The van der Waals surface area contributed by atoms with Crippen LogP contribution in [0.25, 0.3) is 0 Å². The van der Waals surface area contributed by atoms with Gasteiger partial charge in [-0.3, -0.25) is 0 Å². The maximum Gasteiger partial charge on any atom is 0.0128 e. The zero-order valence-corrected chi connectivity index (χ0v) is 12.2. The van der Waals surface area contributed by atoms with Gasteiger partial charge in [0.05, 0.1) is 0 Å².